The number of carboxylic acids is 1. The van der Waals surface area contributed by atoms with E-state index in [1.165, 1.54) is 18.4 Å². The number of aliphatic hydroxyl groups is 1. The van der Waals surface area contributed by atoms with Crippen LogP contribution in [0.1, 0.15) is 113 Å². The van der Waals surface area contributed by atoms with E-state index in [2.05, 4.69) is 54.5 Å². The van der Waals surface area contributed by atoms with Crippen LogP contribution < -0.4 is 0 Å². The highest BCUT2D eigenvalue weighted by molar-refractivity contribution is 5.76. The minimum atomic E-state index is -0.553. The lowest BCUT2D eigenvalue weighted by Crippen LogP contribution is -2.65. The van der Waals surface area contributed by atoms with Gasteiger partial charge < -0.3 is 10.2 Å². The smallest absolute Gasteiger partial charge is 0.310 e. The predicted octanol–water partition coefficient (Wildman–Crippen LogP) is 7.23. The predicted molar refractivity (Wildman–Crippen MR) is 133 cm³/mol. The van der Waals surface area contributed by atoms with Gasteiger partial charge in [0.25, 0.3) is 0 Å². The Morgan fingerprint density at radius 3 is 2.21 bits per heavy atom. The lowest BCUT2D eigenvalue weighted by Gasteiger charge is -2.71. The maximum atomic E-state index is 12.8. The highest BCUT2D eigenvalue weighted by Crippen LogP contribution is 2.75. The van der Waals surface area contributed by atoms with Crippen molar-refractivity contribution in [2.75, 3.05) is 0 Å². The summed E-state index contributed by atoms with van der Waals surface area (Å²) in [7, 11) is 0. The molecule has 33 heavy (non-hydrogen) atoms. The molecule has 0 aromatic rings. The van der Waals surface area contributed by atoms with Crippen LogP contribution in [0.25, 0.3) is 0 Å². The van der Waals surface area contributed by atoms with Crippen LogP contribution in [0.15, 0.2) is 11.6 Å². The van der Waals surface area contributed by atoms with Gasteiger partial charge in [0.1, 0.15) is 0 Å². The standard InChI is InChI=1S/C30H48O3/c1-25(2)14-16-30(24(32)33)17-15-28(6)19(20(30)18-25)8-9-22-27(5)12-11-23(31)26(3,4)21(27)10-13-29(22,28)7/h8,20-23,31H,9-18H2,1-7H3,(H,32,33)/t20-,21?,22+,23+,27-,28+,29+,30-/m0/s1. The fraction of sp³-hybridized carbons (Fsp3) is 0.900. The first kappa shape index (κ1) is 23.9. The molecule has 3 heteroatoms. The average Bonchev–Trinajstić information content (AvgIpc) is 2.71. The number of carbonyl (C=O) groups is 1. The Morgan fingerprint density at radius 2 is 1.55 bits per heavy atom. The minimum Gasteiger partial charge on any atom is -0.481 e. The Morgan fingerprint density at radius 1 is 0.879 bits per heavy atom. The molecule has 0 spiro atoms. The van der Waals surface area contributed by atoms with E-state index < -0.39 is 11.4 Å². The molecule has 0 aliphatic heterocycles. The first-order chi connectivity index (χ1) is 15.1. The van der Waals surface area contributed by atoms with Crippen LogP contribution in [0.2, 0.25) is 0 Å². The van der Waals surface area contributed by atoms with Crippen molar-refractivity contribution >= 4 is 5.97 Å². The van der Waals surface area contributed by atoms with Gasteiger partial charge in [-0.3, -0.25) is 4.79 Å². The van der Waals surface area contributed by atoms with Crippen LogP contribution in [0.5, 0.6) is 0 Å². The summed E-state index contributed by atoms with van der Waals surface area (Å²) in [5, 5.41) is 21.4. The van der Waals surface area contributed by atoms with E-state index in [1.807, 2.05) is 0 Å². The number of aliphatic hydroxyl groups excluding tert-OH is 1. The number of rotatable bonds is 1. The summed E-state index contributed by atoms with van der Waals surface area (Å²) in [5.41, 5.74) is 1.68. The Bertz CT molecular complexity index is 885. The van der Waals surface area contributed by atoms with E-state index in [1.54, 1.807) is 0 Å². The van der Waals surface area contributed by atoms with Crippen molar-refractivity contribution in [3.63, 3.8) is 0 Å². The molecule has 186 valence electrons. The van der Waals surface area contributed by atoms with Gasteiger partial charge in [0.15, 0.2) is 0 Å². The average molecular weight is 457 g/mol. The summed E-state index contributed by atoms with van der Waals surface area (Å²) in [6.07, 6.45) is 12.6. The third kappa shape index (κ3) is 2.87. The lowest BCUT2D eigenvalue weighted by molar-refractivity contribution is -0.205. The quantitative estimate of drug-likeness (QED) is 0.409. The molecule has 0 bridgehead atoms. The zero-order valence-electron chi connectivity index (χ0n) is 22.3. The summed E-state index contributed by atoms with van der Waals surface area (Å²) in [6, 6.07) is 0. The molecular weight excluding hydrogens is 408 g/mol. The first-order valence-electron chi connectivity index (χ1n) is 13.8. The zero-order valence-corrected chi connectivity index (χ0v) is 22.3. The molecule has 0 aromatic carbocycles. The Labute approximate surface area is 201 Å². The van der Waals surface area contributed by atoms with Gasteiger partial charge in [0.05, 0.1) is 11.5 Å². The topological polar surface area (TPSA) is 57.5 Å². The van der Waals surface area contributed by atoms with Crippen molar-refractivity contribution in [3.05, 3.63) is 11.6 Å². The molecule has 0 saturated heterocycles. The summed E-state index contributed by atoms with van der Waals surface area (Å²) in [5.74, 6) is 0.807. The molecule has 5 rings (SSSR count). The second kappa shape index (κ2) is 6.89. The number of aliphatic carboxylic acids is 1. The van der Waals surface area contributed by atoms with Crippen molar-refractivity contribution in [2.45, 2.75) is 119 Å². The highest BCUT2D eigenvalue weighted by Gasteiger charge is 2.69. The molecular formula is C30H48O3. The van der Waals surface area contributed by atoms with Gasteiger partial charge in [0.2, 0.25) is 0 Å². The SMILES string of the molecule is CC1(C)CC[C@]2(C(=O)O)CC[C@]3(C)C(=CC[C@@H]4[C@@]5(C)CC[C@@H](O)C(C)(C)C5CC[C@]43C)[C@@H]2C1. The Kier molecular flexibility index (Phi) is 4.99. The normalized spacial score (nSPS) is 52.4. The maximum Gasteiger partial charge on any atom is 0.310 e. The molecule has 0 heterocycles. The van der Waals surface area contributed by atoms with E-state index >= 15 is 0 Å². The van der Waals surface area contributed by atoms with Crippen molar-refractivity contribution < 1.29 is 15.0 Å². The van der Waals surface area contributed by atoms with Gasteiger partial charge in [-0.1, -0.05) is 60.1 Å². The Hall–Kier alpha value is -0.830. The highest BCUT2D eigenvalue weighted by atomic mass is 16.4. The first-order valence-corrected chi connectivity index (χ1v) is 13.8. The van der Waals surface area contributed by atoms with E-state index in [0.717, 1.165) is 51.4 Å². The van der Waals surface area contributed by atoms with E-state index in [-0.39, 0.29) is 39.1 Å². The number of hydrogen-bond donors (Lipinski definition) is 2. The van der Waals surface area contributed by atoms with Crippen LogP contribution in [-0.4, -0.2) is 22.3 Å². The summed E-state index contributed by atoms with van der Waals surface area (Å²) in [4.78, 5) is 12.8. The van der Waals surface area contributed by atoms with Gasteiger partial charge in [-0.15, -0.1) is 0 Å². The van der Waals surface area contributed by atoms with E-state index in [0.29, 0.717) is 11.8 Å². The van der Waals surface area contributed by atoms with Gasteiger partial charge >= 0.3 is 5.97 Å². The monoisotopic (exact) mass is 456 g/mol. The molecule has 0 amide bonds. The van der Waals surface area contributed by atoms with Crippen LogP contribution >= 0.6 is 0 Å². The molecule has 4 saturated carbocycles. The number of fused-ring (bicyclic) bond motifs is 7. The third-order valence-electron chi connectivity index (χ3n) is 13.0. The summed E-state index contributed by atoms with van der Waals surface area (Å²) >= 11 is 0. The largest absolute Gasteiger partial charge is 0.481 e. The van der Waals surface area contributed by atoms with Crippen LogP contribution in [-0.2, 0) is 4.79 Å². The fourth-order valence-corrected chi connectivity index (χ4v) is 10.6. The van der Waals surface area contributed by atoms with Gasteiger partial charge in [-0.2, -0.15) is 0 Å². The fourth-order valence-electron chi connectivity index (χ4n) is 10.6. The molecule has 8 atom stereocenters. The maximum absolute atomic E-state index is 12.8. The summed E-state index contributed by atoms with van der Waals surface area (Å²) in [6.45, 7) is 16.9. The van der Waals surface area contributed by atoms with Crippen LogP contribution in [0.4, 0.5) is 0 Å². The van der Waals surface area contributed by atoms with Crippen molar-refractivity contribution in [1.29, 1.82) is 0 Å². The van der Waals surface area contributed by atoms with Gasteiger partial charge in [-0.25, -0.2) is 0 Å². The minimum absolute atomic E-state index is 0.0301. The molecule has 4 fully saturated rings. The molecule has 2 N–H and O–H groups in total. The van der Waals surface area contributed by atoms with Crippen LogP contribution in [0, 0.1) is 50.2 Å². The van der Waals surface area contributed by atoms with Gasteiger partial charge in [-0.05, 0) is 109 Å². The van der Waals surface area contributed by atoms with Gasteiger partial charge in [0, 0.05) is 0 Å². The molecule has 5 aliphatic carbocycles. The molecule has 3 nitrogen and oxygen atoms in total. The summed E-state index contributed by atoms with van der Waals surface area (Å²) < 4.78 is 0. The van der Waals surface area contributed by atoms with Crippen molar-refractivity contribution in [3.8, 4) is 0 Å². The van der Waals surface area contributed by atoms with Crippen LogP contribution in [0.3, 0.4) is 0 Å². The zero-order chi connectivity index (χ0) is 24.2. The number of allylic oxidation sites excluding steroid dienone is 2. The molecule has 0 radical (unpaired) electrons. The number of carboxylic acid groups (broad SMARTS) is 1. The lowest BCUT2D eigenvalue weighted by atomic mass is 9.33. The number of hydrogen-bond acceptors (Lipinski definition) is 2. The van der Waals surface area contributed by atoms with Crippen molar-refractivity contribution in [2.24, 2.45) is 50.2 Å². The third-order valence-corrected chi connectivity index (χ3v) is 13.0. The van der Waals surface area contributed by atoms with E-state index in [4.69, 9.17) is 0 Å². The van der Waals surface area contributed by atoms with E-state index in [9.17, 15) is 15.0 Å². The second-order valence-electron chi connectivity index (χ2n) is 15.1. The molecule has 5 aliphatic rings. The molecule has 0 aromatic heterocycles. The molecule has 1 unspecified atom stereocenters. The second-order valence-corrected chi connectivity index (χ2v) is 15.1. The Balaban J connectivity index is 1.60. The van der Waals surface area contributed by atoms with Crippen molar-refractivity contribution in [1.82, 2.24) is 0 Å².